The first kappa shape index (κ1) is 18.3. The minimum absolute atomic E-state index is 0.0206. The van der Waals surface area contributed by atoms with Gasteiger partial charge in [-0.05, 0) is 62.7 Å². The van der Waals surface area contributed by atoms with Crippen LogP contribution < -0.4 is 5.32 Å². The molecule has 0 radical (unpaired) electrons. The van der Waals surface area contributed by atoms with Crippen LogP contribution in [0.2, 0.25) is 0 Å². The molecule has 0 bridgehead atoms. The Hall–Kier alpha value is -1.06. The zero-order chi connectivity index (χ0) is 17.0. The lowest BCUT2D eigenvalue weighted by Gasteiger charge is -2.30. The van der Waals surface area contributed by atoms with Gasteiger partial charge in [-0.1, -0.05) is 27.2 Å². The number of aliphatic carboxylic acids is 1. The van der Waals surface area contributed by atoms with Gasteiger partial charge in [0.1, 0.15) is 0 Å². The molecule has 4 heteroatoms. The molecule has 1 amide bonds. The molecular formula is C19H33NO3. The zero-order valence-electron chi connectivity index (χ0n) is 14.9. The second kappa shape index (κ2) is 7.67. The largest absolute Gasteiger partial charge is 0.481 e. The quantitative estimate of drug-likeness (QED) is 0.772. The van der Waals surface area contributed by atoms with E-state index in [0.29, 0.717) is 24.3 Å². The summed E-state index contributed by atoms with van der Waals surface area (Å²) in [6.07, 6.45) is 8.55. The van der Waals surface area contributed by atoms with Gasteiger partial charge in [0.25, 0.3) is 0 Å². The van der Waals surface area contributed by atoms with Crippen LogP contribution in [0.1, 0.15) is 78.6 Å². The highest BCUT2D eigenvalue weighted by molar-refractivity contribution is 5.79. The topological polar surface area (TPSA) is 66.4 Å². The smallest absolute Gasteiger partial charge is 0.306 e. The third kappa shape index (κ3) is 5.22. The number of nitrogens with one attached hydrogen (secondary N) is 1. The molecule has 2 rings (SSSR count). The molecule has 2 aliphatic carbocycles. The van der Waals surface area contributed by atoms with Gasteiger partial charge >= 0.3 is 5.97 Å². The summed E-state index contributed by atoms with van der Waals surface area (Å²) < 4.78 is 0. The molecule has 2 fully saturated rings. The van der Waals surface area contributed by atoms with Crippen molar-refractivity contribution in [2.24, 2.45) is 23.2 Å². The Kier molecular flexibility index (Phi) is 6.10. The van der Waals surface area contributed by atoms with Gasteiger partial charge in [-0.25, -0.2) is 0 Å². The summed E-state index contributed by atoms with van der Waals surface area (Å²) in [5.74, 6) is -0.0268. The predicted molar refractivity (Wildman–Crippen MR) is 91.0 cm³/mol. The van der Waals surface area contributed by atoms with Crippen molar-refractivity contribution >= 4 is 11.9 Å². The standard InChI is InChI=1S/C19H33NO3/c1-19(2,3)15-5-4-6-16(12-11-15)20-17(21)13-7-9-14(10-8-13)18(22)23/h13-16H,4-12H2,1-3H3,(H,20,21)(H,22,23). The number of amides is 1. The minimum Gasteiger partial charge on any atom is -0.481 e. The first-order chi connectivity index (χ1) is 10.8. The number of hydrogen-bond donors (Lipinski definition) is 2. The van der Waals surface area contributed by atoms with Crippen LogP contribution >= 0.6 is 0 Å². The summed E-state index contributed by atoms with van der Waals surface area (Å²) in [4.78, 5) is 23.5. The Labute approximate surface area is 140 Å². The maximum atomic E-state index is 12.5. The van der Waals surface area contributed by atoms with E-state index in [9.17, 15) is 9.59 Å². The van der Waals surface area contributed by atoms with Crippen LogP contribution in [0.5, 0.6) is 0 Å². The van der Waals surface area contributed by atoms with Gasteiger partial charge in [0, 0.05) is 12.0 Å². The second-order valence-electron chi connectivity index (χ2n) is 8.66. The summed E-state index contributed by atoms with van der Waals surface area (Å²) in [7, 11) is 0. The molecule has 2 N–H and O–H groups in total. The molecule has 132 valence electrons. The molecular weight excluding hydrogens is 290 g/mol. The van der Waals surface area contributed by atoms with Gasteiger partial charge in [-0.2, -0.15) is 0 Å². The van der Waals surface area contributed by atoms with Crippen molar-refractivity contribution in [2.45, 2.75) is 84.6 Å². The van der Waals surface area contributed by atoms with Crippen LogP contribution in [0.25, 0.3) is 0 Å². The molecule has 0 saturated heterocycles. The van der Waals surface area contributed by atoms with Crippen molar-refractivity contribution in [1.29, 1.82) is 0 Å². The molecule has 0 aromatic carbocycles. The van der Waals surface area contributed by atoms with E-state index in [0.717, 1.165) is 31.6 Å². The SMILES string of the molecule is CC(C)(C)C1CCCC(NC(=O)C2CCC(C(=O)O)CC2)CC1. The van der Waals surface area contributed by atoms with Crippen LogP contribution in [0.4, 0.5) is 0 Å². The summed E-state index contributed by atoms with van der Waals surface area (Å²) in [5, 5.41) is 12.3. The van der Waals surface area contributed by atoms with Crippen LogP contribution in [-0.2, 0) is 9.59 Å². The van der Waals surface area contributed by atoms with E-state index >= 15 is 0 Å². The molecule has 2 unspecified atom stereocenters. The molecule has 0 aliphatic heterocycles. The van der Waals surface area contributed by atoms with Crippen molar-refractivity contribution < 1.29 is 14.7 Å². The lowest BCUT2D eigenvalue weighted by Crippen LogP contribution is -2.40. The van der Waals surface area contributed by atoms with Crippen LogP contribution in [-0.4, -0.2) is 23.0 Å². The fraction of sp³-hybridized carbons (Fsp3) is 0.895. The van der Waals surface area contributed by atoms with E-state index in [4.69, 9.17) is 5.11 Å². The van der Waals surface area contributed by atoms with Gasteiger partial charge < -0.3 is 10.4 Å². The van der Waals surface area contributed by atoms with E-state index in [2.05, 4.69) is 26.1 Å². The molecule has 23 heavy (non-hydrogen) atoms. The van der Waals surface area contributed by atoms with E-state index in [1.807, 2.05) is 0 Å². The highest BCUT2D eigenvalue weighted by Gasteiger charge is 2.32. The van der Waals surface area contributed by atoms with E-state index in [-0.39, 0.29) is 17.7 Å². The monoisotopic (exact) mass is 323 g/mol. The second-order valence-corrected chi connectivity index (χ2v) is 8.66. The third-order valence-corrected chi connectivity index (χ3v) is 5.99. The van der Waals surface area contributed by atoms with Gasteiger partial charge in [-0.15, -0.1) is 0 Å². The minimum atomic E-state index is -0.708. The first-order valence-corrected chi connectivity index (χ1v) is 9.30. The number of carbonyl (C=O) groups excluding carboxylic acids is 1. The molecule has 0 heterocycles. The van der Waals surface area contributed by atoms with Crippen molar-refractivity contribution in [2.75, 3.05) is 0 Å². The fourth-order valence-corrected chi connectivity index (χ4v) is 4.23. The molecule has 0 aromatic heterocycles. The van der Waals surface area contributed by atoms with Gasteiger partial charge in [0.15, 0.2) is 0 Å². The van der Waals surface area contributed by atoms with Crippen LogP contribution in [0.15, 0.2) is 0 Å². The molecule has 2 aliphatic rings. The lowest BCUT2D eigenvalue weighted by molar-refractivity contribution is -0.144. The third-order valence-electron chi connectivity index (χ3n) is 5.99. The van der Waals surface area contributed by atoms with Crippen LogP contribution in [0.3, 0.4) is 0 Å². The highest BCUT2D eigenvalue weighted by Crippen LogP contribution is 2.37. The lowest BCUT2D eigenvalue weighted by atomic mass is 9.76. The van der Waals surface area contributed by atoms with Crippen molar-refractivity contribution in [3.63, 3.8) is 0 Å². The first-order valence-electron chi connectivity index (χ1n) is 9.30. The van der Waals surface area contributed by atoms with Crippen LogP contribution in [0, 0.1) is 23.2 Å². The van der Waals surface area contributed by atoms with Crippen molar-refractivity contribution in [3.05, 3.63) is 0 Å². The number of hydrogen-bond acceptors (Lipinski definition) is 2. The Morgan fingerprint density at radius 3 is 2.04 bits per heavy atom. The summed E-state index contributed by atoms with van der Waals surface area (Å²) in [6, 6.07) is 0.312. The number of carbonyl (C=O) groups is 2. The Morgan fingerprint density at radius 1 is 0.870 bits per heavy atom. The van der Waals surface area contributed by atoms with Crippen molar-refractivity contribution in [1.82, 2.24) is 5.32 Å². The molecule has 0 aromatic rings. The predicted octanol–water partition coefficient (Wildman–Crippen LogP) is 3.99. The molecule has 0 spiro atoms. The maximum Gasteiger partial charge on any atom is 0.306 e. The number of carboxylic acid groups (broad SMARTS) is 1. The van der Waals surface area contributed by atoms with Crippen molar-refractivity contribution in [3.8, 4) is 0 Å². The molecule has 2 saturated carbocycles. The Bertz CT molecular complexity index is 419. The fourth-order valence-electron chi connectivity index (χ4n) is 4.23. The Balaban J connectivity index is 1.79. The van der Waals surface area contributed by atoms with E-state index < -0.39 is 5.97 Å². The van der Waals surface area contributed by atoms with Gasteiger partial charge in [0.05, 0.1) is 5.92 Å². The summed E-state index contributed by atoms with van der Waals surface area (Å²) in [6.45, 7) is 6.95. The normalized spacial score (nSPS) is 32.8. The average molecular weight is 323 g/mol. The number of carboxylic acids is 1. The molecule has 4 nitrogen and oxygen atoms in total. The number of rotatable bonds is 3. The zero-order valence-corrected chi connectivity index (χ0v) is 14.9. The maximum absolute atomic E-state index is 12.5. The van der Waals surface area contributed by atoms with E-state index in [1.165, 1.54) is 19.3 Å². The Morgan fingerprint density at radius 2 is 1.48 bits per heavy atom. The van der Waals surface area contributed by atoms with E-state index in [1.54, 1.807) is 0 Å². The van der Waals surface area contributed by atoms with Gasteiger partial charge in [-0.3, -0.25) is 9.59 Å². The summed E-state index contributed by atoms with van der Waals surface area (Å²) >= 11 is 0. The highest BCUT2D eigenvalue weighted by atomic mass is 16.4. The summed E-state index contributed by atoms with van der Waals surface area (Å²) in [5.41, 5.74) is 0.355. The average Bonchev–Trinajstić information content (AvgIpc) is 2.72. The molecule has 2 atom stereocenters. The van der Waals surface area contributed by atoms with Gasteiger partial charge in [0.2, 0.25) is 5.91 Å².